The molecule has 6 amide bonds. The molecule has 0 radical (unpaired) electrons. The van der Waals surface area contributed by atoms with Crippen LogP contribution in [0.2, 0.25) is 0 Å². The fourth-order valence-corrected chi connectivity index (χ4v) is 5.83. The first-order valence-electron chi connectivity index (χ1n) is 15.9. The van der Waals surface area contributed by atoms with Crippen molar-refractivity contribution in [1.29, 1.82) is 0 Å². The van der Waals surface area contributed by atoms with E-state index in [0.29, 0.717) is 61.0 Å². The lowest BCUT2D eigenvalue weighted by Crippen LogP contribution is -2.58. The Labute approximate surface area is 278 Å². The third-order valence-electron chi connectivity index (χ3n) is 8.71. The van der Waals surface area contributed by atoms with Crippen LogP contribution in [0.1, 0.15) is 85.2 Å². The number of hydrogen-bond donors (Lipinski definition) is 4. The Balaban J connectivity index is 1.40. The third kappa shape index (κ3) is 7.42. The second-order valence-corrected chi connectivity index (χ2v) is 13.2. The van der Waals surface area contributed by atoms with E-state index in [-0.39, 0.29) is 11.8 Å². The van der Waals surface area contributed by atoms with Gasteiger partial charge in [-0.2, -0.15) is 10.2 Å². The fourth-order valence-electron chi connectivity index (χ4n) is 5.83. The van der Waals surface area contributed by atoms with Crippen molar-refractivity contribution in [2.24, 2.45) is 10.2 Å². The molecule has 14 heteroatoms. The molecule has 2 atom stereocenters. The predicted molar refractivity (Wildman–Crippen MR) is 177 cm³/mol. The average Bonchev–Trinajstić information content (AvgIpc) is 3.75. The Morgan fingerprint density at radius 3 is 1.29 bits per heavy atom. The summed E-state index contributed by atoms with van der Waals surface area (Å²) in [4.78, 5) is 82.3. The van der Waals surface area contributed by atoms with Crippen molar-refractivity contribution in [3.05, 3.63) is 70.8 Å². The molecule has 0 aliphatic carbocycles. The van der Waals surface area contributed by atoms with Crippen molar-refractivity contribution in [1.82, 2.24) is 31.3 Å². The minimum Gasteiger partial charge on any atom is -0.340 e. The summed E-state index contributed by atoms with van der Waals surface area (Å²) in [6.45, 7) is 6.96. The van der Waals surface area contributed by atoms with Gasteiger partial charge in [-0.25, -0.2) is 10.9 Å². The van der Waals surface area contributed by atoms with Crippen LogP contribution in [-0.2, 0) is 19.2 Å². The van der Waals surface area contributed by atoms with E-state index in [4.69, 9.17) is 0 Å². The number of rotatable bonds is 0. The summed E-state index contributed by atoms with van der Waals surface area (Å²) in [7, 11) is 0. The maximum absolute atomic E-state index is 13.4. The molecule has 0 spiro atoms. The van der Waals surface area contributed by atoms with E-state index < -0.39 is 46.8 Å². The van der Waals surface area contributed by atoms with Gasteiger partial charge in [0.1, 0.15) is 23.2 Å². The standard InChI is InChI=1S/C34H40N8O6/c1-33(2)31(47)39-35-19-21-9-13-24(14-10-21)30(46)42-18-6-8-26(42)28(44)38-34(3,4)32(48)40-36-20-22-11-15-23(16-12-22)29(45)41-17-5-7-25(41)27(43)37-33/h9-16,19-20,25-26H,5-8,17-18H2,1-4H3,(H,37,43)(H,38,44)(H,39,47)(H,40,48)/t25-,26-/m1/s1. The molecule has 252 valence electrons. The van der Waals surface area contributed by atoms with E-state index >= 15 is 0 Å². The van der Waals surface area contributed by atoms with Gasteiger partial charge in [0.2, 0.25) is 11.8 Å². The van der Waals surface area contributed by atoms with E-state index in [2.05, 4.69) is 31.7 Å². The summed E-state index contributed by atoms with van der Waals surface area (Å²) in [5.74, 6) is -2.66. The summed E-state index contributed by atoms with van der Waals surface area (Å²) in [5.41, 5.74) is 4.15. The summed E-state index contributed by atoms with van der Waals surface area (Å²) in [5, 5.41) is 13.5. The molecule has 4 bridgehead atoms. The lowest BCUT2D eigenvalue weighted by atomic mass is 10.0. The molecule has 2 saturated heterocycles. The SMILES string of the molecule is CC1(C)NC(=O)[C@H]2CCCN2C(=O)c2ccc(cc2)C=NNC(=O)C(C)(C)NC(=O)[C@H]2CCCN2C(=O)c2ccc(cc2)C=NNC1=O. The zero-order chi connectivity index (χ0) is 34.6. The summed E-state index contributed by atoms with van der Waals surface area (Å²) in [6, 6.07) is 11.5. The van der Waals surface area contributed by atoms with Gasteiger partial charge in [-0.3, -0.25) is 28.8 Å². The zero-order valence-corrected chi connectivity index (χ0v) is 27.4. The maximum atomic E-state index is 13.4. The van der Waals surface area contributed by atoms with Gasteiger partial charge in [-0.1, -0.05) is 24.3 Å². The lowest BCUT2D eigenvalue weighted by Gasteiger charge is -2.29. The van der Waals surface area contributed by atoms with Gasteiger partial charge in [0.05, 0.1) is 12.4 Å². The van der Waals surface area contributed by atoms with Gasteiger partial charge in [-0.05, 0) is 88.8 Å². The molecule has 6 aliphatic heterocycles. The number of nitrogens with one attached hydrogen (secondary N) is 4. The number of hydrazone groups is 2. The molecule has 8 rings (SSSR count). The molecule has 2 aromatic rings. The Hall–Kier alpha value is -5.40. The van der Waals surface area contributed by atoms with Crippen LogP contribution >= 0.6 is 0 Å². The third-order valence-corrected chi connectivity index (χ3v) is 8.71. The molecule has 14 nitrogen and oxygen atoms in total. The Kier molecular flexibility index (Phi) is 9.73. The molecular formula is C34H40N8O6. The second-order valence-electron chi connectivity index (χ2n) is 13.2. The monoisotopic (exact) mass is 656 g/mol. The molecule has 0 unspecified atom stereocenters. The normalized spacial score (nSPS) is 23.5. The first kappa shape index (κ1) is 33.9. The van der Waals surface area contributed by atoms with Crippen molar-refractivity contribution < 1.29 is 28.8 Å². The quantitative estimate of drug-likeness (QED) is 0.332. The van der Waals surface area contributed by atoms with Crippen LogP contribution in [0.4, 0.5) is 0 Å². The van der Waals surface area contributed by atoms with Crippen molar-refractivity contribution in [2.75, 3.05) is 13.1 Å². The highest BCUT2D eigenvalue weighted by Crippen LogP contribution is 2.23. The Bertz CT molecular complexity index is 1540. The predicted octanol–water partition coefficient (Wildman–Crippen LogP) is 1.30. The van der Waals surface area contributed by atoms with Crippen LogP contribution in [-0.4, -0.2) is 93.9 Å². The smallest absolute Gasteiger partial charge is 0.265 e. The minimum atomic E-state index is -1.34. The topological polar surface area (TPSA) is 182 Å². The second kappa shape index (κ2) is 13.8. The van der Waals surface area contributed by atoms with Gasteiger partial charge < -0.3 is 20.4 Å². The van der Waals surface area contributed by atoms with Gasteiger partial charge in [0.15, 0.2) is 0 Å². The van der Waals surface area contributed by atoms with Crippen LogP contribution in [0.3, 0.4) is 0 Å². The van der Waals surface area contributed by atoms with E-state index in [1.807, 2.05) is 0 Å². The van der Waals surface area contributed by atoms with Gasteiger partial charge in [0, 0.05) is 24.2 Å². The van der Waals surface area contributed by atoms with Crippen LogP contribution < -0.4 is 21.5 Å². The number of carbonyl (C=O) groups is 6. The highest BCUT2D eigenvalue weighted by molar-refractivity contribution is 6.01. The number of benzene rings is 2. The molecule has 6 aliphatic rings. The van der Waals surface area contributed by atoms with Crippen LogP contribution in [0, 0.1) is 0 Å². The number of hydrogen-bond acceptors (Lipinski definition) is 8. The molecule has 0 saturated carbocycles. The van der Waals surface area contributed by atoms with Crippen molar-refractivity contribution >= 4 is 47.9 Å². The highest BCUT2D eigenvalue weighted by atomic mass is 16.2. The minimum absolute atomic E-state index is 0.324. The lowest BCUT2D eigenvalue weighted by molar-refractivity contribution is -0.134. The van der Waals surface area contributed by atoms with E-state index in [0.717, 1.165) is 0 Å². The van der Waals surface area contributed by atoms with Gasteiger partial charge >= 0.3 is 0 Å². The summed E-state index contributed by atoms with van der Waals surface area (Å²) in [6.07, 6.45) is 4.98. The Morgan fingerprint density at radius 1 is 0.583 bits per heavy atom. The van der Waals surface area contributed by atoms with Crippen LogP contribution in [0.15, 0.2) is 58.7 Å². The largest absolute Gasteiger partial charge is 0.340 e. The van der Waals surface area contributed by atoms with Crippen molar-refractivity contribution in [2.45, 2.75) is 76.5 Å². The van der Waals surface area contributed by atoms with Gasteiger partial charge in [0.25, 0.3) is 23.6 Å². The van der Waals surface area contributed by atoms with Crippen LogP contribution in [0.25, 0.3) is 0 Å². The molecule has 48 heavy (non-hydrogen) atoms. The molecule has 6 heterocycles. The molecule has 4 N–H and O–H groups in total. The molecule has 2 fully saturated rings. The summed E-state index contributed by atoms with van der Waals surface area (Å²) < 4.78 is 0. The fraction of sp³-hybridized carbons (Fsp3) is 0.412. The number of carbonyl (C=O) groups excluding carboxylic acids is 6. The number of nitrogens with zero attached hydrogens (tertiary/aromatic N) is 4. The average molecular weight is 657 g/mol. The van der Waals surface area contributed by atoms with Crippen LogP contribution in [0.5, 0.6) is 0 Å². The molecule has 0 aromatic heterocycles. The molecule has 2 aromatic carbocycles. The first-order valence-corrected chi connectivity index (χ1v) is 15.9. The highest BCUT2D eigenvalue weighted by Gasteiger charge is 2.40. The first-order chi connectivity index (χ1) is 22.8. The van der Waals surface area contributed by atoms with E-state index in [1.54, 1.807) is 76.2 Å². The van der Waals surface area contributed by atoms with E-state index in [9.17, 15) is 28.8 Å². The molecular weight excluding hydrogens is 616 g/mol. The van der Waals surface area contributed by atoms with E-state index in [1.165, 1.54) is 22.2 Å². The van der Waals surface area contributed by atoms with Gasteiger partial charge in [-0.15, -0.1) is 0 Å². The Morgan fingerprint density at radius 2 is 0.938 bits per heavy atom. The summed E-state index contributed by atoms with van der Waals surface area (Å²) >= 11 is 0. The van der Waals surface area contributed by atoms with Crippen molar-refractivity contribution in [3.8, 4) is 0 Å². The van der Waals surface area contributed by atoms with Crippen molar-refractivity contribution in [3.63, 3.8) is 0 Å². The maximum Gasteiger partial charge on any atom is 0.265 e. The number of amides is 6. The zero-order valence-electron chi connectivity index (χ0n) is 27.4.